The summed E-state index contributed by atoms with van der Waals surface area (Å²) in [6, 6.07) is 0.421. The van der Waals surface area contributed by atoms with Crippen LogP contribution in [0.3, 0.4) is 0 Å². The Hall–Kier alpha value is 0.110. The van der Waals surface area contributed by atoms with E-state index in [2.05, 4.69) is 11.6 Å². The maximum atomic E-state index is 11.6. The van der Waals surface area contributed by atoms with Gasteiger partial charge in [-0.15, -0.1) is 0 Å². The average molecular weight is 189 g/mol. The van der Waals surface area contributed by atoms with E-state index in [1.54, 1.807) is 0 Å². The van der Waals surface area contributed by atoms with E-state index in [9.17, 15) is 4.21 Å². The van der Waals surface area contributed by atoms with Crippen LogP contribution in [0.1, 0.15) is 40.5 Å². The minimum Gasteiger partial charge on any atom is -0.242 e. The fourth-order valence-electron chi connectivity index (χ4n) is 1.04. The van der Waals surface area contributed by atoms with E-state index < -0.39 is 11.0 Å². The van der Waals surface area contributed by atoms with Crippen molar-refractivity contribution in [2.75, 3.05) is 0 Å². The Kier molecular flexibility index (Phi) is 2.94. The third kappa shape index (κ3) is 2.87. The molecule has 1 rings (SSSR count). The van der Waals surface area contributed by atoms with Crippen LogP contribution < -0.4 is 4.72 Å². The predicted octanol–water partition coefficient (Wildman–Crippen LogP) is 1.84. The van der Waals surface area contributed by atoms with Gasteiger partial charge < -0.3 is 0 Å². The van der Waals surface area contributed by atoms with Crippen molar-refractivity contribution in [3.63, 3.8) is 0 Å². The smallest absolute Gasteiger partial charge is 0.0972 e. The van der Waals surface area contributed by atoms with Crippen molar-refractivity contribution in [3.8, 4) is 0 Å². The summed E-state index contributed by atoms with van der Waals surface area (Å²) in [7, 11) is -0.898. The molecule has 1 aliphatic carbocycles. The first-order valence-corrected chi connectivity index (χ1v) is 5.74. The van der Waals surface area contributed by atoms with E-state index in [1.165, 1.54) is 12.8 Å². The highest BCUT2D eigenvalue weighted by atomic mass is 32.2. The normalized spacial score (nSPS) is 23.7. The Morgan fingerprint density at radius 2 is 1.92 bits per heavy atom. The summed E-state index contributed by atoms with van der Waals surface area (Å²) < 4.78 is 14.6. The zero-order valence-corrected chi connectivity index (χ0v) is 9.20. The second kappa shape index (κ2) is 3.46. The lowest BCUT2D eigenvalue weighted by molar-refractivity contribution is 0.568. The Balaban J connectivity index is 2.34. The van der Waals surface area contributed by atoms with Crippen LogP contribution in [0, 0.1) is 5.92 Å². The van der Waals surface area contributed by atoms with Gasteiger partial charge in [0.25, 0.3) is 0 Å². The maximum Gasteiger partial charge on any atom is 0.0972 e. The molecule has 0 aromatic carbocycles. The summed E-state index contributed by atoms with van der Waals surface area (Å²) in [5, 5.41) is 0. The monoisotopic (exact) mass is 189 g/mol. The molecule has 3 heteroatoms. The predicted molar refractivity (Wildman–Crippen MR) is 53.2 cm³/mol. The molecule has 0 spiro atoms. The third-order valence-corrected chi connectivity index (χ3v) is 3.88. The fourth-order valence-corrected chi connectivity index (χ4v) is 1.92. The molecule has 1 N–H and O–H groups in total. The van der Waals surface area contributed by atoms with Crippen molar-refractivity contribution in [2.24, 2.45) is 5.92 Å². The molecule has 1 aliphatic rings. The lowest BCUT2D eigenvalue weighted by Gasteiger charge is -2.21. The topological polar surface area (TPSA) is 29.1 Å². The second-order valence-electron chi connectivity index (χ2n) is 4.63. The van der Waals surface area contributed by atoms with Crippen LogP contribution in [-0.2, 0) is 11.0 Å². The summed E-state index contributed by atoms with van der Waals surface area (Å²) in [5.41, 5.74) is 0. The van der Waals surface area contributed by atoms with Crippen LogP contribution in [0.5, 0.6) is 0 Å². The van der Waals surface area contributed by atoms with Crippen molar-refractivity contribution >= 4 is 11.0 Å². The molecule has 0 radical (unpaired) electrons. The Morgan fingerprint density at radius 3 is 2.25 bits per heavy atom. The average Bonchev–Trinajstić information content (AvgIpc) is 2.65. The van der Waals surface area contributed by atoms with Gasteiger partial charge in [0.1, 0.15) is 0 Å². The number of hydrogen-bond acceptors (Lipinski definition) is 1. The van der Waals surface area contributed by atoms with Crippen LogP contribution in [0.25, 0.3) is 0 Å². The third-order valence-electron chi connectivity index (χ3n) is 2.18. The fraction of sp³-hybridized carbons (Fsp3) is 1.00. The molecule has 12 heavy (non-hydrogen) atoms. The molecule has 0 saturated heterocycles. The lowest BCUT2D eigenvalue weighted by Crippen LogP contribution is -2.39. The molecular formula is C9H19NOS. The van der Waals surface area contributed by atoms with E-state index in [4.69, 9.17) is 0 Å². The molecule has 0 aromatic rings. The number of nitrogens with one attached hydrogen (secondary N) is 1. The minimum absolute atomic E-state index is 0.136. The van der Waals surface area contributed by atoms with Gasteiger partial charge in [0.05, 0.1) is 15.7 Å². The van der Waals surface area contributed by atoms with E-state index >= 15 is 0 Å². The molecule has 1 saturated carbocycles. The van der Waals surface area contributed by atoms with E-state index in [1.807, 2.05) is 20.8 Å². The van der Waals surface area contributed by atoms with E-state index in [-0.39, 0.29) is 4.75 Å². The molecule has 0 bridgehead atoms. The van der Waals surface area contributed by atoms with Crippen molar-refractivity contribution < 1.29 is 4.21 Å². The van der Waals surface area contributed by atoms with Gasteiger partial charge in [0.2, 0.25) is 0 Å². The van der Waals surface area contributed by atoms with Crippen LogP contribution in [0.4, 0.5) is 0 Å². The standard InChI is InChI=1S/C9H19NOS/c1-7(8-5-6-8)10-12(11)9(2,3)4/h7-8,10H,5-6H2,1-4H3. The molecule has 0 heterocycles. The Bertz CT molecular complexity index is 181. The minimum atomic E-state index is -0.898. The van der Waals surface area contributed by atoms with Gasteiger partial charge in [-0.05, 0) is 46.5 Å². The van der Waals surface area contributed by atoms with Crippen molar-refractivity contribution in [3.05, 3.63) is 0 Å². The first kappa shape index (κ1) is 10.2. The summed E-state index contributed by atoms with van der Waals surface area (Å²) in [6.07, 6.45) is 2.60. The lowest BCUT2D eigenvalue weighted by atomic mass is 10.2. The van der Waals surface area contributed by atoms with Gasteiger partial charge in [-0.2, -0.15) is 0 Å². The highest BCUT2D eigenvalue weighted by molar-refractivity contribution is 7.84. The summed E-state index contributed by atoms with van der Waals surface area (Å²) in [6.45, 7) is 8.11. The van der Waals surface area contributed by atoms with Gasteiger partial charge in [-0.3, -0.25) is 0 Å². The SMILES string of the molecule is CC(NS(=O)C(C)(C)C)C1CC1. The van der Waals surface area contributed by atoms with Crippen molar-refractivity contribution in [2.45, 2.75) is 51.3 Å². The zero-order valence-electron chi connectivity index (χ0n) is 8.39. The molecule has 0 aliphatic heterocycles. The largest absolute Gasteiger partial charge is 0.242 e. The van der Waals surface area contributed by atoms with Crippen molar-refractivity contribution in [1.82, 2.24) is 4.72 Å². The first-order valence-electron chi connectivity index (χ1n) is 4.59. The van der Waals surface area contributed by atoms with Gasteiger partial charge in [-0.25, -0.2) is 8.93 Å². The quantitative estimate of drug-likeness (QED) is 0.721. The Morgan fingerprint density at radius 1 is 1.42 bits per heavy atom. The zero-order chi connectivity index (χ0) is 9.35. The highest BCUT2D eigenvalue weighted by Gasteiger charge is 2.31. The van der Waals surface area contributed by atoms with E-state index in [0.29, 0.717) is 6.04 Å². The number of rotatable bonds is 3. The highest BCUT2D eigenvalue weighted by Crippen LogP contribution is 2.32. The van der Waals surface area contributed by atoms with Crippen LogP contribution in [-0.4, -0.2) is 15.0 Å². The Labute approximate surface area is 77.7 Å². The molecule has 1 fully saturated rings. The first-order chi connectivity index (χ1) is 5.41. The van der Waals surface area contributed by atoms with E-state index in [0.717, 1.165) is 5.92 Å². The molecule has 0 amide bonds. The van der Waals surface area contributed by atoms with Gasteiger partial charge in [-0.1, -0.05) is 0 Å². The van der Waals surface area contributed by atoms with Crippen LogP contribution in [0.15, 0.2) is 0 Å². The molecule has 0 aromatic heterocycles. The maximum absolute atomic E-state index is 11.6. The molecule has 72 valence electrons. The van der Waals surface area contributed by atoms with Crippen LogP contribution >= 0.6 is 0 Å². The molecule has 2 nitrogen and oxygen atoms in total. The van der Waals surface area contributed by atoms with Gasteiger partial charge in [0.15, 0.2) is 0 Å². The number of hydrogen-bond donors (Lipinski definition) is 1. The second-order valence-corrected chi connectivity index (χ2v) is 6.62. The van der Waals surface area contributed by atoms with Gasteiger partial charge >= 0.3 is 0 Å². The summed E-state index contributed by atoms with van der Waals surface area (Å²) in [4.78, 5) is 0. The molecular weight excluding hydrogens is 170 g/mol. The van der Waals surface area contributed by atoms with Gasteiger partial charge in [0, 0.05) is 6.04 Å². The van der Waals surface area contributed by atoms with Crippen LogP contribution in [0.2, 0.25) is 0 Å². The molecule has 2 atom stereocenters. The van der Waals surface area contributed by atoms with Crippen molar-refractivity contribution in [1.29, 1.82) is 0 Å². The summed E-state index contributed by atoms with van der Waals surface area (Å²) >= 11 is 0. The molecule has 2 unspecified atom stereocenters. The summed E-state index contributed by atoms with van der Waals surface area (Å²) in [5.74, 6) is 0.774.